The molecule has 0 saturated carbocycles. The molecule has 1 aromatic rings. The number of carbonyl (C=O) groups is 1. The van der Waals surface area contributed by atoms with E-state index in [1.807, 2.05) is 0 Å². The van der Waals surface area contributed by atoms with Crippen LogP contribution in [0.15, 0.2) is 18.2 Å². The summed E-state index contributed by atoms with van der Waals surface area (Å²) in [6.45, 7) is 0.762. The van der Waals surface area contributed by atoms with Crippen LogP contribution in [0.25, 0.3) is 0 Å². The molecule has 1 rings (SSSR count). The van der Waals surface area contributed by atoms with Crippen LogP contribution in [0.1, 0.15) is 12.0 Å². The number of halogens is 1. The van der Waals surface area contributed by atoms with Gasteiger partial charge in [0.15, 0.2) is 0 Å². The molecule has 0 aliphatic rings. The Morgan fingerprint density at radius 1 is 1.47 bits per heavy atom. The van der Waals surface area contributed by atoms with Crippen LogP contribution in [0.5, 0.6) is 0 Å². The molecule has 1 N–H and O–H groups in total. The summed E-state index contributed by atoms with van der Waals surface area (Å²) in [6, 6.07) is 4.42. The third kappa shape index (κ3) is 4.84. The van der Waals surface area contributed by atoms with Crippen molar-refractivity contribution in [2.45, 2.75) is 13.0 Å². The fourth-order valence-electron chi connectivity index (χ4n) is 1.52. The summed E-state index contributed by atoms with van der Waals surface area (Å²) in [5, 5.41) is 14.3. The molecule has 0 fully saturated rings. The number of nitro benzene ring substituents is 1. The summed E-state index contributed by atoms with van der Waals surface area (Å²) in [6.07, 6.45) is 0.349. The first-order valence-corrected chi connectivity index (χ1v) is 6.13. The molecule has 7 heteroatoms. The van der Waals surface area contributed by atoms with Crippen LogP contribution < -0.4 is 5.32 Å². The van der Waals surface area contributed by atoms with Crippen molar-refractivity contribution in [3.05, 3.63) is 38.9 Å². The van der Waals surface area contributed by atoms with Crippen LogP contribution in [-0.4, -0.2) is 36.4 Å². The van der Waals surface area contributed by atoms with Gasteiger partial charge in [-0.05, 0) is 12.1 Å². The molecule has 0 unspecified atom stereocenters. The van der Waals surface area contributed by atoms with Gasteiger partial charge in [-0.25, -0.2) is 0 Å². The minimum Gasteiger partial charge on any atom is -0.349 e. The summed E-state index contributed by atoms with van der Waals surface area (Å²) < 4.78 is 0. The SMILES string of the molecule is CN(C)C(=O)CCNCc1cc(Cl)ccc1[N+](=O)[O-]. The summed E-state index contributed by atoms with van der Waals surface area (Å²) in [5.41, 5.74) is 0.533. The highest BCUT2D eigenvalue weighted by Gasteiger charge is 2.13. The maximum Gasteiger partial charge on any atom is 0.273 e. The molecule has 6 nitrogen and oxygen atoms in total. The highest BCUT2D eigenvalue weighted by molar-refractivity contribution is 6.30. The predicted octanol–water partition coefficient (Wildman–Crippen LogP) is 1.82. The second-order valence-electron chi connectivity index (χ2n) is 4.25. The Morgan fingerprint density at radius 2 is 2.16 bits per heavy atom. The van der Waals surface area contributed by atoms with Crippen LogP contribution in [0, 0.1) is 10.1 Å². The zero-order chi connectivity index (χ0) is 14.4. The number of nitrogens with zero attached hydrogens (tertiary/aromatic N) is 2. The highest BCUT2D eigenvalue weighted by atomic mass is 35.5. The van der Waals surface area contributed by atoms with E-state index in [0.717, 1.165) is 0 Å². The third-order valence-corrected chi connectivity index (χ3v) is 2.80. The van der Waals surface area contributed by atoms with E-state index in [4.69, 9.17) is 11.6 Å². The molecule has 0 radical (unpaired) electrons. The first-order chi connectivity index (χ1) is 8.91. The lowest BCUT2D eigenvalue weighted by atomic mass is 10.2. The van der Waals surface area contributed by atoms with Gasteiger partial charge in [0.05, 0.1) is 4.92 Å². The number of benzene rings is 1. The Labute approximate surface area is 116 Å². The summed E-state index contributed by atoms with van der Waals surface area (Å²) >= 11 is 5.82. The average Bonchev–Trinajstić information content (AvgIpc) is 2.33. The van der Waals surface area contributed by atoms with Crippen molar-refractivity contribution < 1.29 is 9.72 Å². The van der Waals surface area contributed by atoms with E-state index in [2.05, 4.69) is 5.32 Å². The largest absolute Gasteiger partial charge is 0.349 e. The van der Waals surface area contributed by atoms with E-state index in [-0.39, 0.29) is 11.6 Å². The zero-order valence-corrected chi connectivity index (χ0v) is 11.6. The second-order valence-corrected chi connectivity index (χ2v) is 4.68. The monoisotopic (exact) mass is 285 g/mol. The van der Waals surface area contributed by atoms with Gasteiger partial charge < -0.3 is 10.2 Å². The van der Waals surface area contributed by atoms with Gasteiger partial charge in [-0.3, -0.25) is 14.9 Å². The number of hydrogen-bond donors (Lipinski definition) is 1. The van der Waals surface area contributed by atoms with Crippen molar-refractivity contribution in [3.63, 3.8) is 0 Å². The van der Waals surface area contributed by atoms with Gasteiger partial charge in [0.2, 0.25) is 5.91 Å². The average molecular weight is 286 g/mol. The second kappa shape index (κ2) is 7.06. The van der Waals surface area contributed by atoms with Gasteiger partial charge in [-0.15, -0.1) is 0 Å². The summed E-state index contributed by atoms with van der Waals surface area (Å²) in [4.78, 5) is 23.2. The van der Waals surface area contributed by atoms with E-state index < -0.39 is 4.92 Å². The molecule has 0 atom stereocenters. The maximum absolute atomic E-state index is 11.3. The lowest BCUT2D eigenvalue weighted by Gasteiger charge is -2.10. The molecule has 1 aromatic carbocycles. The van der Waals surface area contributed by atoms with Gasteiger partial charge in [0.1, 0.15) is 0 Å². The number of nitro groups is 1. The van der Waals surface area contributed by atoms with Crippen LogP contribution in [0.3, 0.4) is 0 Å². The molecule has 104 valence electrons. The molecule has 0 spiro atoms. The Morgan fingerprint density at radius 3 is 2.74 bits per heavy atom. The van der Waals surface area contributed by atoms with E-state index in [1.54, 1.807) is 20.2 Å². The summed E-state index contributed by atoms with van der Waals surface area (Å²) in [7, 11) is 3.37. The van der Waals surface area contributed by atoms with Crippen LogP contribution in [-0.2, 0) is 11.3 Å². The molecule has 0 aromatic heterocycles. The van der Waals surface area contributed by atoms with Crippen molar-refractivity contribution in [1.82, 2.24) is 10.2 Å². The zero-order valence-electron chi connectivity index (χ0n) is 10.9. The van der Waals surface area contributed by atoms with Gasteiger partial charge in [-0.1, -0.05) is 11.6 Å². The standard InChI is InChI=1S/C12H16ClN3O3/c1-15(2)12(17)5-6-14-8-9-7-10(13)3-4-11(9)16(18)19/h3-4,7,14H,5-6,8H2,1-2H3. The van der Waals surface area contributed by atoms with Crippen molar-refractivity contribution in [3.8, 4) is 0 Å². The molecular weight excluding hydrogens is 270 g/mol. The minimum absolute atomic E-state index is 0.00749. The molecule has 0 heterocycles. The minimum atomic E-state index is -0.446. The Kier molecular flexibility index (Phi) is 5.72. The van der Waals surface area contributed by atoms with E-state index in [0.29, 0.717) is 30.1 Å². The van der Waals surface area contributed by atoms with E-state index in [9.17, 15) is 14.9 Å². The first-order valence-electron chi connectivity index (χ1n) is 5.75. The molecule has 0 aliphatic heterocycles. The van der Waals surface area contributed by atoms with Crippen molar-refractivity contribution in [2.75, 3.05) is 20.6 Å². The molecule has 0 bridgehead atoms. The summed E-state index contributed by atoms with van der Waals surface area (Å²) in [5.74, 6) is 0.00749. The van der Waals surface area contributed by atoms with Crippen LogP contribution in [0.4, 0.5) is 5.69 Å². The highest BCUT2D eigenvalue weighted by Crippen LogP contribution is 2.22. The van der Waals surface area contributed by atoms with Gasteiger partial charge in [0, 0.05) is 50.3 Å². The van der Waals surface area contributed by atoms with Gasteiger partial charge in [-0.2, -0.15) is 0 Å². The number of hydrogen-bond acceptors (Lipinski definition) is 4. The quantitative estimate of drug-likeness (QED) is 0.491. The number of nitrogens with one attached hydrogen (secondary N) is 1. The Bertz CT molecular complexity index is 477. The predicted molar refractivity (Wildman–Crippen MR) is 73.1 cm³/mol. The Hall–Kier alpha value is -1.66. The van der Waals surface area contributed by atoms with Crippen molar-refractivity contribution in [2.24, 2.45) is 0 Å². The first kappa shape index (κ1) is 15.4. The van der Waals surface area contributed by atoms with Crippen molar-refractivity contribution in [1.29, 1.82) is 0 Å². The maximum atomic E-state index is 11.3. The van der Waals surface area contributed by atoms with E-state index in [1.165, 1.54) is 17.0 Å². The van der Waals surface area contributed by atoms with Crippen LogP contribution >= 0.6 is 11.6 Å². The normalized spacial score (nSPS) is 10.3. The van der Waals surface area contributed by atoms with Crippen molar-refractivity contribution >= 4 is 23.2 Å². The fraction of sp³-hybridized carbons (Fsp3) is 0.417. The van der Waals surface area contributed by atoms with Gasteiger partial charge in [0.25, 0.3) is 5.69 Å². The molecule has 19 heavy (non-hydrogen) atoms. The molecule has 0 saturated heterocycles. The smallest absolute Gasteiger partial charge is 0.273 e. The fourth-order valence-corrected chi connectivity index (χ4v) is 1.71. The molecular formula is C12H16ClN3O3. The van der Waals surface area contributed by atoms with E-state index >= 15 is 0 Å². The lowest BCUT2D eigenvalue weighted by Crippen LogP contribution is -2.26. The number of carbonyl (C=O) groups excluding carboxylic acids is 1. The van der Waals surface area contributed by atoms with Gasteiger partial charge >= 0.3 is 0 Å². The van der Waals surface area contributed by atoms with Crippen LogP contribution in [0.2, 0.25) is 5.02 Å². The topological polar surface area (TPSA) is 75.5 Å². The lowest BCUT2D eigenvalue weighted by molar-refractivity contribution is -0.385. The molecule has 0 aliphatic carbocycles. The third-order valence-electron chi connectivity index (χ3n) is 2.57. The Balaban J connectivity index is 2.55. The number of rotatable bonds is 6. The molecule has 1 amide bonds. The number of amides is 1.